The minimum Gasteiger partial charge on any atom is -0.320 e. The monoisotopic (exact) mass is 218 g/mol. The third-order valence-corrected chi connectivity index (χ3v) is 3.27. The van der Waals surface area contributed by atoms with Gasteiger partial charge in [0.2, 0.25) is 0 Å². The van der Waals surface area contributed by atoms with E-state index in [9.17, 15) is 0 Å². The molecule has 0 aliphatic heterocycles. The van der Waals surface area contributed by atoms with Gasteiger partial charge in [-0.1, -0.05) is 6.07 Å². The first-order valence-electron chi connectivity index (χ1n) is 4.91. The molecule has 2 N–H and O–H groups in total. The highest BCUT2D eigenvalue weighted by Crippen LogP contribution is 2.24. The molecular weight excluding hydrogens is 204 g/mol. The van der Waals surface area contributed by atoms with Crippen molar-refractivity contribution in [2.24, 2.45) is 5.73 Å². The fraction of sp³-hybridized carbons (Fsp3) is 0.250. The first kappa shape index (κ1) is 10.3. The van der Waals surface area contributed by atoms with Crippen LogP contribution in [0.15, 0.2) is 29.6 Å². The van der Waals surface area contributed by atoms with Gasteiger partial charge in [-0.05, 0) is 43.0 Å². The topological polar surface area (TPSA) is 38.9 Å². The van der Waals surface area contributed by atoms with E-state index in [-0.39, 0.29) is 6.04 Å². The van der Waals surface area contributed by atoms with E-state index >= 15 is 0 Å². The molecule has 0 radical (unpaired) electrons. The zero-order chi connectivity index (χ0) is 10.8. The van der Waals surface area contributed by atoms with Crippen LogP contribution in [0.2, 0.25) is 0 Å². The molecule has 0 aliphatic carbocycles. The lowest BCUT2D eigenvalue weighted by atomic mass is 10.1. The van der Waals surface area contributed by atoms with E-state index in [1.807, 2.05) is 19.9 Å². The molecule has 2 heterocycles. The van der Waals surface area contributed by atoms with Gasteiger partial charge >= 0.3 is 0 Å². The minimum absolute atomic E-state index is 0.0228. The first-order valence-corrected chi connectivity index (χ1v) is 5.79. The van der Waals surface area contributed by atoms with Crippen molar-refractivity contribution >= 4 is 11.3 Å². The van der Waals surface area contributed by atoms with Crippen molar-refractivity contribution in [1.82, 2.24) is 4.98 Å². The fourth-order valence-corrected chi connectivity index (χ4v) is 2.43. The SMILES string of the molecule is Cc1cc(C(N)c2cccs2)cc(C)n1. The molecule has 15 heavy (non-hydrogen) atoms. The van der Waals surface area contributed by atoms with E-state index < -0.39 is 0 Å². The van der Waals surface area contributed by atoms with E-state index in [4.69, 9.17) is 5.73 Å². The van der Waals surface area contributed by atoms with Gasteiger partial charge in [-0.2, -0.15) is 0 Å². The Balaban J connectivity index is 2.37. The molecule has 0 bridgehead atoms. The van der Waals surface area contributed by atoms with Gasteiger partial charge in [-0.3, -0.25) is 4.98 Å². The van der Waals surface area contributed by atoms with Gasteiger partial charge in [0, 0.05) is 16.3 Å². The fourth-order valence-electron chi connectivity index (χ4n) is 1.68. The van der Waals surface area contributed by atoms with Crippen molar-refractivity contribution in [3.8, 4) is 0 Å². The van der Waals surface area contributed by atoms with Gasteiger partial charge in [0.1, 0.15) is 0 Å². The van der Waals surface area contributed by atoms with Crippen LogP contribution in [0.5, 0.6) is 0 Å². The molecule has 0 saturated heterocycles. The van der Waals surface area contributed by atoms with E-state index in [1.165, 1.54) is 4.88 Å². The van der Waals surface area contributed by atoms with Crippen molar-refractivity contribution in [3.63, 3.8) is 0 Å². The molecule has 0 aliphatic rings. The Kier molecular flexibility index (Phi) is 2.84. The summed E-state index contributed by atoms with van der Waals surface area (Å²) in [6.07, 6.45) is 0. The van der Waals surface area contributed by atoms with Crippen LogP contribution < -0.4 is 5.73 Å². The molecular formula is C12H14N2S. The highest BCUT2D eigenvalue weighted by atomic mass is 32.1. The smallest absolute Gasteiger partial charge is 0.0647 e. The van der Waals surface area contributed by atoms with Gasteiger partial charge in [-0.15, -0.1) is 11.3 Å². The summed E-state index contributed by atoms with van der Waals surface area (Å²) in [6.45, 7) is 4.00. The van der Waals surface area contributed by atoms with Crippen LogP contribution in [0, 0.1) is 13.8 Å². The average molecular weight is 218 g/mol. The first-order chi connectivity index (χ1) is 7.16. The minimum atomic E-state index is -0.0228. The van der Waals surface area contributed by atoms with Crippen LogP contribution >= 0.6 is 11.3 Å². The summed E-state index contributed by atoms with van der Waals surface area (Å²) in [5.74, 6) is 0. The van der Waals surface area contributed by atoms with Gasteiger partial charge in [-0.25, -0.2) is 0 Å². The van der Waals surface area contributed by atoms with E-state index in [0.717, 1.165) is 17.0 Å². The molecule has 1 atom stereocenters. The summed E-state index contributed by atoms with van der Waals surface area (Å²) in [6, 6.07) is 8.18. The second-order valence-electron chi connectivity index (χ2n) is 3.68. The predicted octanol–water partition coefficient (Wildman–Crippen LogP) is 2.81. The van der Waals surface area contributed by atoms with Crippen LogP contribution in [0.4, 0.5) is 0 Å². The highest BCUT2D eigenvalue weighted by Gasteiger charge is 2.10. The number of hydrogen-bond acceptors (Lipinski definition) is 3. The normalized spacial score (nSPS) is 12.7. The molecule has 0 saturated carbocycles. The summed E-state index contributed by atoms with van der Waals surface area (Å²) >= 11 is 1.69. The predicted molar refractivity (Wildman–Crippen MR) is 64.1 cm³/mol. The summed E-state index contributed by atoms with van der Waals surface area (Å²) in [4.78, 5) is 5.54. The third-order valence-electron chi connectivity index (χ3n) is 2.31. The third kappa shape index (κ3) is 2.25. The zero-order valence-electron chi connectivity index (χ0n) is 8.90. The van der Waals surface area contributed by atoms with Crippen LogP contribution in [0.3, 0.4) is 0 Å². The lowest BCUT2D eigenvalue weighted by molar-refractivity contribution is 0.879. The Morgan fingerprint density at radius 1 is 1.27 bits per heavy atom. The summed E-state index contributed by atoms with van der Waals surface area (Å²) in [7, 11) is 0. The Morgan fingerprint density at radius 3 is 2.47 bits per heavy atom. The number of nitrogens with two attached hydrogens (primary N) is 1. The number of rotatable bonds is 2. The Bertz CT molecular complexity index is 428. The highest BCUT2D eigenvalue weighted by molar-refractivity contribution is 7.10. The second kappa shape index (κ2) is 4.13. The van der Waals surface area contributed by atoms with Crippen LogP contribution in [0.25, 0.3) is 0 Å². The standard InChI is InChI=1S/C12H14N2S/c1-8-6-10(7-9(2)14-8)12(13)11-4-3-5-15-11/h3-7,12H,13H2,1-2H3. The van der Waals surface area contributed by atoms with Crippen molar-refractivity contribution in [3.05, 3.63) is 51.5 Å². The van der Waals surface area contributed by atoms with Gasteiger partial charge in [0.25, 0.3) is 0 Å². The number of aryl methyl sites for hydroxylation is 2. The van der Waals surface area contributed by atoms with Crippen LogP contribution in [0.1, 0.15) is 27.9 Å². The van der Waals surface area contributed by atoms with E-state index in [0.29, 0.717) is 0 Å². The maximum absolute atomic E-state index is 6.18. The molecule has 0 fully saturated rings. The van der Waals surface area contributed by atoms with Gasteiger partial charge in [0.05, 0.1) is 6.04 Å². The summed E-state index contributed by atoms with van der Waals surface area (Å²) in [5, 5.41) is 2.05. The maximum Gasteiger partial charge on any atom is 0.0647 e. The number of aromatic nitrogens is 1. The molecule has 2 aromatic rings. The van der Waals surface area contributed by atoms with Gasteiger partial charge < -0.3 is 5.73 Å². The van der Waals surface area contributed by atoms with Crippen LogP contribution in [-0.2, 0) is 0 Å². The quantitative estimate of drug-likeness (QED) is 0.841. The molecule has 0 amide bonds. The number of pyridine rings is 1. The molecule has 2 aromatic heterocycles. The molecule has 1 unspecified atom stereocenters. The lowest BCUT2D eigenvalue weighted by Gasteiger charge is -2.11. The molecule has 2 nitrogen and oxygen atoms in total. The van der Waals surface area contributed by atoms with Crippen LogP contribution in [-0.4, -0.2) is 4.98 Å². The summed E-state index contributed by atoms with van der Waals surface area (Å²) < 4.78 is 0. The lowest BCUT2D eigenvalue weighted by Crippen LogP contribution is -2.11. The number of thiophene rings is 1. The number of hydrogen-bond donors (Lipinski definition) is 1. The van der Waals surface area contributed by atoms with Crippen molar-refractivity contribution < 1.29 is 0 Å². The molecule has 3 heteroatoms. The Hall–Kier alpha value is -1.19. The average Bonchev–Trinajstić information content (AvgIpc) is 2.67. The summed E-state index contributed by atoms with van der Waals surface area (Å²) in [5.41, 5.74) is 9.37. The van der Waals surface area contributed by atoms with Crippen molar-refractivity contribution in [2.75, 3.05) is 0 Å². The Morgan fingerprint density at radius 2 is 1.93 bits per heavy atom. The molecule has 0 spiro atoms. The largest absolute Gasteiger partial charge is 0.320 e. The molecule has 2 rings (SSSR count). The zero-order valence-corrected chi connectivity index (χ0v) is 9.71. The van der Waals surface area contributed by atoms with E-state index in [1.54, 1.807) is 11.3 Å². The Labute approximate surface area is 93.8 Å². The second-order valence-corrected chi connectivity index (χ2v) is 4.66. The van der Waals surface area contributed by atoms with Crippen molar-refractivity contribution in [2.45, 2.75) is 19.9 Å². The molecule has 78 valence electrons. The maximum atomic E-state index is 6.18. The molecule has 0 aromatic carbocycles. The van der Waals surface area contributed by atoms with Gasteiger partial charge in [0.15, 0.2) is 0 Å². The number of nitrogens with zero attached hydrogens (tertiary/aromatic N) is 1. The van der Waals surface area contributed by atoms with Crippen molar-refractivity contribution in [1.29, 1.82) is 0 Å². The van der Waals surface area contributed by atoms with E-state index in [2.05, 4.69) is 28.6 Å².